The summed E-state index contributed by atoms with van der Waals surface area (Å²) in [5.41, 5.74) is 8.40. The molecule has 1 atom stereocenters. The Morgan fingerprint density at radius 1 is 1.53 bits per heavy atom. The molecule has 0 saturated carbocycles. The smallest absolute Gasteiger partial charge is 0.115 e. The molecule has 1 aromatic rings. The molecule has 0 saturated heterocycles. The van der Waals surface area contributed by atoms with Crippen molar-refractivity contribution in [1.82, 2.24) is 9.78 Å². The summed E-state index contributed by atoms with van der Waals surface area (Å²) in [6, 6.07) is 1.91. The van der Waals surface area contributed by atoms with Crippen molar-refractivity contribution in [2.45, 2.75) is 45.7 Å². The SMILES string of the molecule is CCc1cc(C(N)C2=CCCCO2)n(CC)n1. The summed E-state index contributed by atoms with van der Waals surface area (Å²) in [6.45, 7) is 5.81. The van der Waals surface area contributed by atoms with Gasteiger partial charge in [0.25, 0.3) is 0 Å². The lowest BCUT2D eigenvalue weighted by atomic mass is 10.1. The van der Waals surface area contributed by atoms with E-state index in [1.807, 2.05) is 4.68 Å². The molecule has 1 aromatic heterocycles. The van der Waals surface area contributed by atoms with Crippen LogP contribution in [0.25, 0.3) is 0 Å². The van der Waals surface area contributed by atoms with Gasteiger partial charge >= 0.3 is 0 Å². The molecule has 0 aromatic carbocycles. The van der Waals surface area contributed by atoms with E-state index in [2.05, 4.69) is 31.1 Å². The zero-order chi connectivity index (χ0) is 12.3. The highest BCUT2D eigenvalue weighted by molar-refractivity contribution is 5.22. The summed E-state index contributed by atoms with van der Waals surface area (Å²) in [6.07, 6.45) is 5.19. The number of hydrogen-bond donors (Lipinski definition) is 1. The highest BCUT2D eigenvalue weighted by Crippen LogP contribution is 2.24. The Bertz CT molecular complexity index is 409. The molecule has 17 heavy (non-hydrogen) atoms. The predicted octanol–water partition coefficient (Wildman–Crippen LogP) is 2.16. The molecular weight excluding hydrogens is 214 g/mol. The van der Waals surface area contributed by atoms with Gasteiger partial charge in [0.15, 0.2) is 0 Å². The Morgan fingerprint density at radius 2 is 2.35 bits per heavy atom. The number of aromatic nitrogens is 2. The first-order valence-corrected chi connectivity index (χ1v) is 6.41. The van der Waals surface area contributed by atoms with Crippen LogP contribution in [0.1, 0.15) is 44.1 Å². The van der Waals surface area contributed by atoms with E-state index >= 15 is 0 Å². The second-order valence-electron chi connectivity index (χ2n) is 4.30. The van der Waals surface area contributed by atoms with Crippen LogP contribution in [0.2, 0.25) is 0 Å². The molecule has 4 nitrogen and oxygen atoms in total. The van der Waals surface area contributed by atoms with Gasteiger partial charge in [-0.1, -0.05) is 6.92 Å². The maximum Gasteiger partial charge on any atom is 0.115 e. The average Bonchev–Trinajstić information content (AvgIpc) is 2.82. The largest absolute Gasteiger partial charge is 0.496 e. The fourth-order valence-electron chi connectivity index (χ4n) is 2.10. The van der Waals surface area contributed by atoms with E-state index in [0.717, 1.165) is 49.6 Å². The first-order chi connectivity index (χ1) is 8.26. The minimum atomic E-state index is -0.178. The minimum Gasteiger partial charge on any atom is -0.496 e. The van der Waals surface area contributed by atoms with Gasteiger partial charge in [-0.05, 0) is 38.3 Å². The lowest BCUT2D eigenvalue weighted by Crippen LogP contribution is -2.21. The highest BCUT2D eigenvalue weighted by Gasteiger charge is 2.20. The molecule has 94 valence electrons. The number of allylic oxidation sites excluding steroid dienone is 1. The Morgan fingerprint density at radius 3 is 2.94 bits per heavy atom. The van der Waals surface area contributed by atoms with Crippen molar-refractivity contribution in [3.63, 3.8) is 0 Å². The van der Waals surface area contributed by atoms with Gasteiger partial charge in [0, 0.05) is 6.54 Å². The number of nitrogens with two attached hydrogens (primary N) is 1. The third-order valence-electron chi connectivity index (χ3n) is 3.11. The summed E-state index contributed by atoms with van der Waals surface area (Å²) in [7, 11) is 0. The molecule has 0 bridgehead atoms. The topological polar surface area (TPSA) is 53.1 Å². The molecule has 0 spiro atoms. The lowest BCUT2D eigenvalue weighted by molar-refractivity contribution is 0.174. The molecule has 0 radical (unpaired) electrons. The van der Waals surface area contributed by atoms with Crippen molar-refractivity contribution in [3.8, 4) is 0 Å². The lowest BCUT2D eigenvalue weighted by Gasteiger charge is -2.21. The molecule has 0 aliphatic carbocycles. The Balaban J connectivity index is 2.25. The molecular formula is C13H21N3O. The molecule has 2 N–H and O–H groups in total. The van der Waals surface area contributed by atoms with Crippen LogP contribution in [0, 0.1) is 0 Å². The predicted molar refractivity (Wildman–Crippen MR) is 67.5 cm³/mol. The van der Waals surface area contributed by atoms with Crippen LogP contribution >= 0.6 is 0 Å². The molecule has 1 unspecified atom stereocenters. The Kier molecular flexibility index (Phi) is 3.84. The van der Waals surface area contributed by atoms with Crippen molar-refractivity contribution >= 4 is 0 Å². The van der Waals surface area contributed by atoms with Crippen molar-refractivity contribution in [2.75, 3.05) is 6.61 Å². The highest BCUT2D eigenvalue weighted by atomic mass is 16.5. The van der Waals surface area contributed by atoms with Crippen LogP contribution in [-0.4, -0.2) is 16.4 Å². The van der Waals surface area contributed by atoms with E-state index in [4.69, 9.17) is 10.5 Å². The van der Waals surface area contributed by atoms with Crippen molar-refractivity contribution in [1.29, 1.82) is 0 Å². The number of rotatable bonds is 4. The standard InChI is InChI=1S/C13H21N3O/c1-3-10-9-11(16(4-2)15-10)13(14)12-7-5-6-8-17-12/h7,9,13H,3-6,8,14H2,1-2H3. The van der Waals surface area contributed by atoms with Crippen molar-refractivity contribution in [3.05, 3.63) is 29.3 Å². The van der Waals surface area contributed by atoms with Gasteiger partial charge < -0.3 is 10.5 Å². The molecule has 0 amide bonds. The van der Waals surface area contributed by atoms with Gasteiger partial charge in [-0.25, -0.2) is 0 Å². The maximum absolute atomic E-state index is 6.26. The quantitative estimate of drug-likeness (QED) is 0.870. The van der Waals surface area contributed by atoms with E-state index in [1.54, 1.807) is 0 Å². The summed E-state index contributed by atoms with van der Waals surface area (Å²) in [4.78, 5) is 0. The van der Waals surface area contributed by atoms with Gasteiger partial charge in [-0.15, -0.1) is 0 Å². The van der Waals surface area contributed by atoms with E-state index in [0.29, 0.717) is 0 Å². The molecule has 2 rings (SSSR count). The minimum absolute atomic E-state index is 0.178. The average molecular weight is 235 g/mol. The Hall–Kier alpha value is -1.29. The van der Waals surface area contributed by atoms with Gasteiger partial charge in [0.1, 0.15) is 11.8 Å². The van der Waals surface area contributed by atoms with E-state index < -0.39 is 0 Å². The molecule has 2 heterocycles. The van der Waals surface area contributed by atoms with Crippen molar-refractivity contribution < 1.29 is 4.74 Å². The fraction of sp³-hybridized carbons (Fsp3) is 0.615. The normalized spacial score (nSPS) is 17.5. The summed E-state index contributed by atoms with van der Waals surface area (Å²) >= 11 is 0. The monoisotopic (exact) mass is 235 g/mol. The summed E-state index contributed by atoms with van der Waals surface area (Å²) in [5, 5.41) is 4.52. The summed E-state index contributed by atoms with van der Waals surface area (Å²) < 4.78 is 7.61. The molecule has 0 fully saturated rings. The first-order valence-electron chi connectivity index (χ1n) is 6.41. The van der Waals surface area contributed by atoms with E-state index in [-0.39, 0.29) is 6.04 Å². The maximum atomic E-state index is 6.26. The zero-order valence-corrected chi connectivity index (χ0v) is 10.6. The zero-order valence-electron chi connectivity index (χ0n) is 10.6. The molecule has 4 heteroatoms. The van der Waals surface area contributed by atoms with Gasteiger partial charge in [-0.3, -0.25) is 4.68 Å². The Labute approximate surface area is 102 Å². The second-order valence-corrected chi connectivity index (χ2v) is 4.30. The van der Waals surface area contributed by atoms with Crippen LogP contribution in [0.15, 0.2) is 17.9 Å². The van der Waals surface area contributed by atoms with Crippen LogP contribution in [0.4, 0.5) is 0 Å². The van der Waals surface area contributed by atoms with Gasteiger partial charge in [0.05, 0.1) is 18.0 Å². The van der Waals surface area contributed by atoms with Crippen molar-refractivity contribution in [2.24, 2.45) is 5.73 Å². The number of ether oxygens (including phenoxy) is 1. The number of hydrogen-bond acceptors (Lipinski definition) is 3. The number of nitrogens with zero attached hydrogens (tertiary/aromatic N) is 2. The molecule has 1 aliphatic rings. The van der Waals surface area contributed by atoms with Crippen LogP contribution < -0.4 is 5.73 Å². The number of aryl methyl sites for hydroxylation is 2. The molecule has 1 aliphatic heterocycles. The van der Waals surface area contributed by atoms with Crippen LogP contribution in [-0.2, 0) is 17.7 Å². The third-order valence-corrected chi connectivity index (χ3v) is 3.11. The first kappa shape index (κ1) is 12.2. The summed E-state index contributed by atoms with van der Waals surface area (Å²) in [5.74, 6) is 0.897. The van der Waals surface area contributed by atoms with E-state index in [9.17, 15) is 0 Å². The van der Waals surface area contributed by atoms with Gasteiger partial charge in [-0.2, -0.15) is 5.10 Å². The van der Waals surface area contributed by atoms with Crippen LogP contribution in [0.5, 0.6) is 0 Å². The second kappa shape index (κ2) is 5.36. The van der Waals surface area contributed by atoms with Crippen LogP contribution in [0.3, 0.4) is 0 Å². The van der Waals surface area contributed by atoms with E-state index in [1.165, 1.54) is 0 Å². The van der Waals surface area contributed by atoms with Gasteiger partial charge in [0.2, 0.25) is 0 Å². The third kappa shape index (κ3) is 2.52. The fourth-order valence-corrected chi connectivity index (χ4v) is 2.10.